The van der Waals surface area contributed by atoms with Crippen LogP contribution in [0.3, 0.4) is 0 Å². The minimum atomic E-state index is 0.332. The Morgan fingerprint density at radius 1 is 1.16 bits per heavy atom. The first kappa shape index (κ1) is 13.6. The molecule has 2 aromatic rings. The third-order valence-corrected chi connectivity index (χ3v) is 3.19. The van der Waals surface area contributed by atoms with Crippen LogP contribution in [0.25, 0.3) is 0 Å². The number of rotatable bonds is 4. The summed E-state index contributed by atoms with van der Waals surface area (Å²) in [6.07, 6.45) is 0.818. The van der Waals surface area contributed by atoms with Gasteiger partial charge in [0.1, 0.15) is 18.6 Å². The predicted molar refractivity (Wildman–Crippen MR) is 77.1 cm³/mol. The summed E-state index contributed by atoms with van der Waals surface area (Å²) in [5.41, 5.74) is 3.61. The second kappa shape index (κ2) is 5.89. The quantitative estimate of drug-likeness (QED) is 0.775. The van der Waals surface area contributed by atoms with Crippen LogP contribution in [0.2, 0.25) is 5.02 Å². The summed E-state index contributed by atoms with van der Waals surface area (Å²) in [6.45, 7) is 4.34. The maximum atomic E-state index is 11.0. The van der Waals surface area contributed by atoms with Gasteiger partial charge in [-0.1, -0.05) is 23.7 Å². The van der Waals surface area contributed by atoms with Gasteiger partial charge in [-0.2, -0.15) is 0 Å². The Hall–Kier alpha value is -1.80. The average Bonchev–Trinajstić information content (AvgIpc) is 2.40. The molecule has 0 radical (unpaired) electrons. The molecule has 0 saturated carbocycles. The van der Waals surface area contributed by atoms with Gasteiger partial charge in [0.15, 0.2) is 0 Å². The van der Waals surface area contributed by atoms with E-state index in [-0.39, 0.29) is 0 Å². The van der Waals surface area contributed by atoms with Crippen LogP contribution >= 0.6 is 11.6 Å². The SMILES string of the molecule is Cc1ccc(C)c(OCc2cc(Cl)ccc2C=O)c1. The number of halogens is 1. The lowest BCUT2D eigenvalue weighted by atomic mass is 10.1. The Bertz CT molecular complexity index is 606. The first-order valence-corrected chi connectivity index (χ1v) is 6.41. The summed E-state index contributed by atoms with van der Waals surface area (Å²) in [5, 5.41) is 0.602. The molecule has 98 valence electrons. The fourth-order valence-corrected chi connectivity index (χ4v) is 2.03. The van der Waals surface area contributed by atoms with Crippen molar-refractivity contribution < 1.29 is 9.53 Å². The van der Waals surface area contributed by atoms with Gasteiger partial charge >= 0.3 is 0 Å². The fraction of sp³-hybridized carbons (Fsp3) is 0.188. The first-order chi connectivity index (χ1) is 9.10. The zero-order valence-electron chi connectivity index (χ0n) is 10.9. The van der Waals surface area contributed by atoms with E-state index in [4.69, 9.17) is 16.3 Å². The van der Waals surface area contributed by atoms with E-state index in [1.165, 1.54) is 0 Å². The van der Waals surface area contributed by atoms with Crippen molar-refractivity contribution in [2.24, 2.45) is 0 Å². The van der Waals surface area contributed by atoms with Crippen LogP contribution in [0, 0.1) is 13.8 Å². The van der Waals surface area contributed by atoms with E-state index in [1.807, 2.05) is 32.0 Å². The smallest absolute Gasteiger partial charge is 0.150 e. The predicted octanol–water partition coefficient (Wildman–Crippen LogP) is 4.35. The lowest BCUT2D eigenvalue weighted by molar-refractivity contribution is 0.112. The van der Waals surface area contributed by atoms with E-state index in [1.54, 1.807) is 18.2 Å². The maximum absolute atomic E-state index is 11.0. The van der Waals surface area contributed by atoms with Crippen molar-refractivity contribution >= 4 is 17.9 Å². The van der Waals surface area contributed by atoms with E-state index in [9.17, 15) is 4.79 Å². The fourth-order valence-electron chi connectivity index (χ4n) is 1.83. The highest BCUT2D eigenvalue weighted by Gasteiger charge is 2.05. The maximum Gasteiger partial charge on any atom is 0.150 e. The molecule has 0 heterocycles. The second-order valence-corrected chi connectivity index (χ2v) is 4.96. The topological polar surface area (TPSA) is 26.3 Å². The van der Waals surface area contributed by atoms with Gasteiger partial charge in [-0.15, -0.1) is 0 Å². The van der Waals surface area contributed by atoms with Gasteiger partial charge in [0, 0.05) is 16.1 Å². The molecule has 0 aromatic heterocycles. The number of carbonyl (C=O) groups excluding carboxylic acids is 1. The highest BCUT2D eigenvalue weighted by molar-refractivity contribution is 6.30. The number of benzene rings is 2. The Balaban J connectivity index is 2.20. The Morgan fingerprint density at radius 2 is 1.95 bits per heavy atom. The van der Waals surface area contributed by atoms with Gasteiger partial charge in [0.05, 0.1) is 0 Å². The van der Waals surface area contributed by atoms with E-state index in [0.717, 1.165) is 28.7 Å². The number of aldehydes is 1. The van der Waals surface area contributed by atoms with Crippen molar-refractivity contribution in [3.05, 3.63) is 63.7 Å². The summed E-state index contributed by atoms with van der Waals surface area (Å²) < 4.78 is 5.78. The van der Waals surface area contributed by atoms with Crippen LogP contribution in [0.15, 0.2) is 36.4 Å². The molecule has 2 aromatic carbocycles. The van der Waals surface area contributed by atoms with E-state index in [2.05, 4.69) is 0 Å². The number of hydrogen-bond acceptors (Lipinski definition) is 2. The van der Waals surface area contributed by atoms with Crippen molar-refractivity contribution in [1.82, 2.24) is 0 Å². The molecule has 0 atom stereocenters. The van der Waals surface area contributed by atoms with Crippen molar-refractivity contribution in [2.45, 2.75) is 20.5 Å². The standard InChI is InChI=1S/C16H15ClO2/c1-11-3-4-12(2)16(7-11)19-10-14-8-15(17)6-5-13(14)9-18/h3-9H,10H2,1-2H3. The van der Waals surface area contributed by atoms with Crippen LogP contribution in [0.4, 0.5) is 0 Å². The highest BCUT2D eigenvalue weighted by atomic mass is 35.5. The molecule has 19 heavy (non-hydrogen) atoms. The van der Waals surface area contributed by atoms with Crippen LogP contribution in [0.5, 0.6) is 5.75 Å². The zero-order valence-corrected chi connectivity index (χ0v) is 11.7. The molecule has 3 heteroatoms. The summed E-state index contributed by atoms with van der Waals surface area (Å²) in [6, 6.07) is 11.2. The number of carbonyl (C=O) groups is 1. The number of aryl methyl sites for hydroxylation is 2. The third-order valence-electron chi connectivity index (χ3n) is 2.96. The molecular weight excluding hydrogens is 260 g/mol. The molecule has 2 rings (SSSR count). The molecule has 0 aliphatic rings. The van der Waals surface area contributed by atoms with Crippen LogP contribution in [-0.2, 0) is 6.61 Å². The van der Waals surface area contributed by atoms with Gasteiger partial charge in [-0.3, -0.25) is 4.79 Å². The molecule has 0 N–H and O–H groups in total. The Labute approximate surface area is 118 Å². The van der Waals surface area contributed by atoms with Crippen molar-refractivity contribution in [2.75, 3.05) is 0 Å². The summed E-state index contributed by atoms with van der Waals surface area (Å²) in [7, 11) is 0. The molecule has 0 spiro atoms. The van der Waals surface area contributed by atoms with Gasteiger partial charge < -0.3 is 4.74 Å². The number of hydrogen-bond donors (Lipinski definition) is 0. The van der Waals surface area contributed by atoms with Crippen LogP contribution < -0.4 is 4.74 Å². The van der Waals surface area contributed by atoms with Gasteiger partial charge in [-0.05, 0) is 49.2 Å². The number of ether oxygens (including phenoxy) is 1. The molecule has 0 saturated heterocycles. The average molecular weight is 275 g/mol. The molecule has 0 aliphatic carbocycles. The van der Waals surface area contributed by atoms with Crippen molar-refractivity contribution in [1.29, 1.82) is 0 Å². The normalized spacial score (nSPS) is 10.3. The van der Waals surface area contributed by atoms with Crippen molar-refractivity contribution in [3.8, 4) is 5.75 Å². The molecule has 0 aliphatic heterocycles. The first-order valence-electron chi connectivity index (χ1n) is 6.04. The minimum absolute atomic E-state index is 0.332. The van der Waals surface area contributed by atoms with Crippen molar-refractivity contribution in [3.63, 3.8) is 0 Å². The summed E-state index contributed by atoms with van der Waals surface area (Å²) in [4.78, 5) is 11.0. The lowest BCUT2D eigenvalue weighted by Crippen LogP contribution is -2.01. The monoisotopic (exact) mass is 274 g/mol. The van der Waals surface area contributed by atoms with Crippen LogP contribution in [0.1, 0.15) is 27.0 Å². The van der Waals surface area contributed by atoms with E-state index >= 15 is 0 Å². The van der Waals surface area contributed by atoms with E-state index < -0.39 is 0 Å². The molecule has 0 amide bonds. The largest absolute Gasteiger partial charge is 0.489 e. The van der Waals surface area contributed by atoms with E-state index in [0.29, 0.717) is 17.2 Å². The Kier molecular flexibility index (Phi) is 4.23. The summed E-state index contributed by atoms with van der Waals surface area (Å²) in [5.74, 6) is 0.830. The van der Waals surface area contributed by atoms with Crippen LogP contribution in [-0.4, -0.2) is 6.29 Å². The minimum Gasteiger partial charge on any atom is -0.489 e. The zero-order chi connectivity index (χ0) is 13.8. The van der Waals surface area contributed by atoms with Gasteiger partial charge in [0.25, 0.3) is 0 Å². The Morgan fingerprint density at radius 3 is 2.68 bits per heavy atom. The molecule has 0 fully saturated rings. The second-order valence-electron chi connectivity index (χ2n) is 4.52. The van der Waals surface area contributed by atoms with Gasteiger partial charge in [-0.25, -0.2) is 0 Å². The summed E-state index contributed by atoms with van der Waals surface area (Å²) >= 11 is 5.94. The lowest BCUT2D eigenvalue weighted by Gasteiger charge is -2.11. The third kappa shape index (κ3) is 3.36. The molecular formula is C16H15ClO2. The molecule has 0 unspecified atom stereocenters. The molecule has 2 nitrogen and oxygen atoms in total. The molecule has 0 bridgehead atoms. The highest BCUT2D eigenvalue weighted by Crippen LogP contribution is 2.22. The van der Waals surface area contributed by atoms with Gasteiger partial charge in [0.2, 0.25) is 0 Å².